The van der Waals surface area contributed by atoms with Crippen LogP contribution < -0.4 is 9.47 Å². The number of esters is 1. The van der Waals surface area contributed by atoms with Crippen molar-refractivity contribution in [3.8, 4) is 11.5 Å². The molecule has 0 unspecified atom stereocenters. The van der Waals surface area contributed by atoms with Crippen LogP contribution in [0.2, 0.25) is 5.02 Å². The number of halogens is 1. The minimum atomic E-state index is -0.795. The van der Waals surface area contributed by atoms with Crippen molar-refractivity contribution in [3.05, 3.63) is 63.2 Å². The number of benzene rings is 2. The molecule has 8 nitrogen and oxygen atoms in total. The highest BCUT2D eigenvalue weighted by Crippen LogP contribution is 2.33. The van der Waals surface area contributed by atoms with Crippen LogP contribution in [-0.4, -0.2) is 30.7 Å². The van der Waals surface area contributed by atoms with Gasteiger partial charge in [-0.1, -0.05) is 23.7 Å². The Hall–Kier alpha value is -2.68. The zero-order chi connectivity index (χ0) is 19.2. The summed E-state index contributed by atoms with van der Waals surface area (Å²) in [6, 6.07) is 10.8. The smallest absolute Gasteiger partial charge is 0.349 e. The summed E-state index contributed by atoms with van der Waals surface area (Å²) >= 11 is 5.94. The van der Waals surface area contributed by atoms with E-state index in [2.05, 4.69) is 0 Å². The van der Waals surface area contributed by atoms with Gasteiger partial charge in [0.25, 0.3) is 0 Å². The Bertz CT molecular complexity index is 836. The topological polar surface area (TPSA) is 97.1 Å². The molecular formula is C18H16ClNO7. The second kappa shape index (κ2) is 8.81. The van der Waals surface area contributed by atoms with Crippen LogP contribution >= 0.6 is 11.6 Å². The van der Waals surface area contributed by atoms with E-state index in [9.17, 15) is 14.9 Å². The van der Waals surface area contributed by atoms with E-state index in [0.717, 1.165) is 6.42 Å². The largest absolute Gasteiger partial charge is 0.480 e. The van der Waals surface area contributed by atoms with Crippen LogP contribution in [0.25, 0.3) is 0 Å². The van der Waals surface area contributed by atoms with Gasteiger partial charge in [0.05, 0.1) is 23.2 Å². The molecule has 9 heteroatoms. The van der Waals surface area contributed by atoms with Gasteiger partial charge in [-0.2, -0.15) is 0 Å². The Morgan fingerprint density at radius 1 is 1.19 bits per heavy atom. The first kappa shape index (κ1) is 19.1. The number of carbonyl (C=O) groups excluding carboxylic acids is 1. The first-order valence-corrected chi connectivity index (χ1v) is 8.52. The second-order valence-corrected chi connectivity index (χ2v) is 6.01. The molecule has 1 saturated heterocycles. The highest BCUT2D eigenvalue weighted by Gasteiger charge is 2.24. The summed E-state index contributed by atoms with van der Waals surface area (Å²) in [5.74, 6) is -0.671. The standard InChI is InChI=1S/C18H16ClNO7/c19-13-4-1-2-5-15(13)26-11-17(21)27-16-7-6-12(10-14(16)20(22)23)18-24-8-3-9-25-18/h1-2,4-7,10,18H,3,8-9,11H2. The zero-order valence-corrected chi connectivity index (χ0v) is 14.9. The summed E-state index contributed by atoms with van der Waals surface area (Å²) in [5, 5.41) is 11.7. The van der Waals surface area contributed by atoms with Gasteiger partial charge in [-0.05, 0) is 30.7 Å². The van der Waals surface area contributed by atoms with E-state index in [-0.39, 0.29) is 11.4 Å². The molecular weight excluding hydrogens is 378 g/mol. The second-order valence-electron chi connectivity index (χ2n) is 5.60. The zero-order valence-electron chi connectivity index (χ0n) is 14.1. The molecule has 27 heavy (non-hydrogen) atoms. The third-order valence-corrected chi connectivity index (χ3v) is 4.00. The van der Waals surface area contributed by atoms with Crippen molar-refractivity contribution in [3.63, 3.8) is 0 Å². The number of nitrogens with zero attached hydrogens (tertiary/aromatic N) is 1. The van der Waals surface area contributed by atoms with Gasteiger partial charge in [-0.15, -0.1) is 0 Å². The number of carbonyl (C=O) groups is 1. The van der Waals surface area contributed by atoms with Gasteiger partial charge >= 0.3 is 11.7 Å². The monoisotopic (exact) mass is 393 g/mol. The predicted molar refractivity (Wildman–Crippen MR) is 94.9 cm³/mol. The van der Waals surface area contributed by atoms with Gasteiger partial charge in [0.15, 0.2) is 12.9 Å². The molecule has 1 aliphatic heterocycles. The lowest BCUT2D eigenvalue weighted by molar-refractivity contribution is -0.385. The number of nitro groups is 1. The van der Waals surface area contributed by atoms with Gasteiger partial charge in [0.1, 0.15) is 5.75 Å². The molecule has 0 spiro atoms. The fourth-order valence-corrected chi connectivity index (χ4v) is 2.63. The first-order valence-electron chi connectivity index (χ1n) is 8.14. The Labute approximate surface area is 159 Å². The first-order chi connectivity index (χ1) is 13.0. The maximum atomic E-state index is 12.0. The third-order valence-electron chi connectivity index (χ3n) is 3.68. The van der Waals surface area contributed by atoms with E-state index in [4.69, 9.17) is 30.5 Å². The van der Waals surface area contributed by atoms with E-state index < -0.39 is 23.8 Å². The Balaban J connectivity index is 1.68. The maximum absolute atomic E-state index is 12.0. The normalized spacial score (nSPS) is 14.6. The molecule has 0 N–H and O–H groups in total. The van der Waals surface area contributed by atoms with E-state index in [1.807, 2.05) is 0 Å². The van der Waals surface area contributed by atoms with Crippen molar-refractivity contribution in [2.45, 2.75) is 12.7 Å². The van der Waals surface area contributed by atoms with Gasteiger partial charge in [-0.3, -0.25) is 10.1 Å². The van der Waals surface area contributed by atoms with Crippen LogP contribution in [0.15, 0.2) is 42.5 Å². The molecule has 2 aromatic rings. The van der Waals surface area contributed by atoms with Crippen LogP contribution in [0.4, 0.5) is 5.69 Å². The quantitative estimate of drug-likeness (QED) is 0.319. The minimum Gasteiger partial charge on any atom is -0.480 e. The van der Waals surface area contributed by atoms with Gasteiger partial charge in [0.2, 0.25) is 5.75 Å². The molecule has 0 saturated carbocycles. The summed E-state index contributed by atoms with van der Waals surface area (Å²) < 4.78 is 21.2. The molecule has 0 bridgehead atoms. The highest BCUT2D eigenvalue weighted by molar-refractivity contribution is 6.32. The van der Waals surface area contributed by atoms with Crippen molar-refractivity contribution in [1.82, 2.24) is 0 Å². The number of hydrogen-bond donors (Lipinski definition) is 0. The Morgan fingerprint density at radius 3 is 2.63 bits per heavy atom. The van der Waals surface area contributed by atoms with E-state index in [1.54, 1.807) is 30.3 Å². The van der Waals surface area contributed by atoms with Crippen molar-refractivity contribution >= 4 is 23.3 Å². The van der Waals surface area contributed by atoms with Gasteiger partial charge in [-0.25, -0.2) is 4.79 Å². The van der Waals surface area contributed by atoms with Crippen LogP contribution in [-0.2, 0) is 14.3 Å². The fraction of sp³-hybridized carbons (Fsp3) is 0.278. The molecule has 1 fully saturated rings. The number of ether oxygens (including phenoxy) is 4. The summed E-state index contributed by atoms with van der Waals surface area (Å²) in [7, 11) is 0. The molecule has 0 amide bonds. The molecule has 0 aliphatic carbocycles. The average molecular weight is 394 g/mol. The molecule has 3 rings (SSSR count). The Kier molecular flexibility index (Phi) is 6.23. The summed E-state index contributed by atoms with van der Waals surface area (Å²) in [5.41, 5.74) is 0.116. The minimum absolute atomic E-state index is 0.188. The SMILES string of the molecule is O=C(COc1ccccc1Cl)Oc1ccc(C2OCCCO2)cc1[N+](=O)[O-]. The van der Waals surface area contributed by atoms with Crippen LogP contribution in [0, 0.1) is 10.1 Å². The van der Waals surface area contributed by atoms with Crippen LogP contribution in [0.1, 0.15) is 18.3 Å². The highest BCUT2D eigenvalue weighted by atomic mass is 35.5. The summed E-state index contributed by atoms with van der Waals surface area (Å²) in [4.78, 5) is 22.7. The fourth-order valence-electron chi connectivity index (χ4n) is 2.44. The summed E-state index contributed by atoms with van der Waals surface area (Å²) in [6.07, 6.45) is 0.0884. The van der Waals surface area contributed by atoms with Crippen molar-refractivity contribution < 1.29 is 28.7 Å². The molecule has 0 aromatic heterocycles. The molecule has 0 radical (unpaired) electrons. The van der Waals surface area contributed by atoms with Gasteiger partial charge < -0.3 is 18.9 Å². The van der Waals surface area contributed by atoms with E-state index in [1.165, 1.54) is 12.1 Å². The van der Waals surface area contributed by atoms with Crippen molar-refractivity contribution in [2.75, 3.05) is 19.8 Å². The predicted octanol–water partition coefficient (Wildman–Crippen LogP) is 3.67. The third kappa shape index (κ3) is 4.94. The number of para-hydroxylation sites is 1. The van der Waals surface area contributed by atoms with Gasteiger partial charge in [0, 0.05) is 11.6 Å². The lowest BCUT2D eigenvalue weighted by atomic mass is 10.1. The average Bonchev–Trinajstić information content (AvgIpc) is 2.68. The maximum Gasteiger partial charge on any atom is 0.349 e. The summed E-state index contributed by atoms with van der Waals surface area (Å²) in [6.45, 7) is 0.570. The molecule has 142 valence electrons. The van der Waals surface area contributed by atoms with E-state index in [0.29, 0.717) is 29.5 Å². The van der Waals surface area contributed by atoms with Crippen LogP contribution in [0.3, 0.4) is 0 Å². The number of hydrogen-bond acceptors (Lipinski definition) is 7. The van der Waals surface area contributed by atoms with E-state index >= 15 is 0 Å². The lowest BCUT2D eigenvalue weighted by Gasteiger charge is -2.23. The molecule has 0 atom stereocenters. The molecule has 1 heterocycles. The number of rotatable bonds is 6. The van der Waals surface area contributed by atoms with Crippen LogP contribution in [0.5, 0.6) is 11.5 Å². The van der Waals surface area contributed by atoms with Crippen molar-refractivity contribution in [1.29, 1.82) is 0 Å². The molecule has 2 aromatic carbocycles. The molecule has 1 aliphatic rings. The van der Waals surface area contributed by atoms with Crippen molar-refractivity contribution in [2.24, 2.45) is 0 Å². The number of nitro benzene ring substituents is 1. The lowest BCUT2D eigenvalue weighted by Crippen LogP contribution is -2.19. The Morgan fingerprint density at radius 2 is 1.93 bits per heavy atom.